The van der Waals surface area contributed by atoms with Crippen molar-refractivity contribution in [2.45, 2.75) is 6.92 Å². The number of benzene rings is 3. The molecular weight excluding hydrogens is 432 g/mol. The van der Waals surface area contributed by atoms with Crippen molar-refractivity contribution in [1.82, 2.24) is 5.43 Å². The second kappa shape index (κ2) is 9.92. The number of carbonyl (C=O) groups is 2. The van der Waals surface area contributed by atoms with Crippen LogP contribution in [0.2, 0.25) is 0 Å². The van der Waals surface area contributed by atoms with Gasteiger partial charge in [-0.3, -0.25) is 25.0 Å². The minimum absolute atomic E-state index is 0.000408. The summed E-state index contributed by atoms with van der Waals surface area (Å²) in [6, 6.07) is 15.1. The highest BCUT2D eigenvalue weighted by Gasteiger charge is 2.15. The predicted octanol–water partition coefficient (Wildman–Crippen LogP) is 3.79. The van der Waals surface area contributed by atoms with Crippen LogP contribution in [0.1, 0.15) is 31.8 Å². The van der Waals surface area contributed by atoms with Crippen molar-refractivity contribution in [3.63, 3.8) is 0 Å². The first-order valence-corrected chi connectivity index (χ1v) is 9.40. The van der Waals surface area contributed by atoms with Crippen LogP contribution in [-0.2, 0) is 0 Å². The van der Waals surface area contributed by atoms with Crippen LogP contribution in [0.5, 0.6) is 5.75 Å². The Bertz CT molecular complexity index is 1270. The molecule has 0 aliphatic carbocycles. The quantitative estimate of drug-likeness (QED) is 0.190. The Morgan fingerprint density at radius 1 is 0.909 bits per heavy atom. The molecule has 1 amide bonds. The lowest BCUT2D eigenvalue weighted by molar-refractivity contribution is -0.385. The van der Waals surface area contributed by atoms with Gasteiger partial charge in [-0.05, 0) is 37.3 Å². The van der Waals surface area contributed by atoms with Crippen molar-refractivity contribution in [3.8, 4) is 5.75 Å². The van der Waals surface area contributed by atoms with Gasteiger partial charge in [0.25, 0.3) is 17.3 Å². The minimum Gasteiger partial charge on any atom is -0.422 e. The molecule has 0 saturated carbocycles. The van der Waals surface area contributed by atoms with Crippen LogP contribution in [0, 0.1) is 27.2 Å². The van der Waals surface area contributed by atoms with E-state index in [1.54, 1.807) is 18.2 Å². The first-order chi connectivity index (χ1) is 15.7. The standard InChI is InChI=1S/C22H16N4O7/c1-14-3-2-4-16(11-14)22(28)33-20-10-9-19(26(31)32)12-17(20)13-23-24-21(27)15-5-7-18(8-6-15)25(29)30/h2-13H,1H3,(H,24,27)/b23-13+. The van der Waals surface area contributed by atoms with Gasteiger partial charge in [0.1, 0.15) is 5.75 Å². The average Bonchev–Trinajstić information content (AvgIpc) is 2.79. The summed E-state index contributed by atoms with van der Waals surface area (Å²) in [7, 11) is 0. The van der Waals surface area contributed by atoms with E-state index < -0.39 is 21.7 Å². The molecule has 0 radical (unpaired) electrons. The highest BCUT2D eigenvalue weighted by atomic mass is 16.6. The van der Waals surface area contributed by atoms with Gasteiger partial charge in [0.2, 0.25) is 0 Å². The summed E-state index contributed by atoms with van der Waals surface area (Å²) >= 11 is 0. The van der Waals surface area contributed by atoms with Gasteiger partial charge in [-0.1, -0.05) is 17.7 Å². The predicted molar refractivity (Wildman–Crippen MR) is 117 cm³/mol. The van der Waals surface area contributed by atoms with Gasteiger partial charge in [-0.25, -0.2) is 10.2 Å². The first kappa shape index (κ1) is 22.7. The number of nitro groups is 2. The van der Waals surface area contributed by atoms with Crippen LogP contribution in [0.15, 0.2) is 71.8 Å². The molecule has 3 aromatic carbocycles. The van der Waals surface area contributed by atoms with Gasteiger partial charge in [0.15, 0.2) is 0 Å². The Balaban J connectivity index is 1.79. The van der Waals surface area contributed by atoms with Gasteiger partial charge < -0.3 is 4.74 Å². The van der Waals surface area contributed by atoms with Crippen LogP contribution in [-0.4, -0.2) is 27.9 Å². The van der Waals surface area contributed by atoms with E-state index in [0.29, 0.717) is 5.56 Å². The lowest BCUT2D eigenvalue weighted by Crippen LogP contribution is -2.17. The van der Waals surface area contributed by atoms with Crippen molar-refractivity contribution >= 4 is 29.5 Å². The molecule has 166 valence electrons. The number of carbonyl (C=O) groups excluding carboxylic acids is 2. The number of non-ortho nitro benzene ring substituents is 2. The zero-order valence-corrected chi connectivity index (χ0v) is 17.1. The number of ether oxygens (including phenoxy) is 1. The molecule has 0 aromatic heterocycles. The molecule has 3 aromatic rings. The van der Waals surface area contributed by atoms with E-state index in [9.17, 15) is 29.8 Å². The summed E-state index contributed by atoms with van der Waals surface area (Å²) < 4.78 is 5.37. The number of hydrogen-bond donors (Lipinski definition) is 1. The molecule has 0 atom stereocenters. The Labute approximate surface area is 186 Å². The number of esters is 1. The highest BCUT2D eigenvalue weighted by Crippen LogP contribution is 2.24. The van der Waals surface area contributed by atoms with Crippen molar-refractivity contribution in [1.29, 1.82) is 0 Å². The number of nitrogens with one attached hydrogen (secondary N) is 1. The van der Waals surface area contributed by atoms with Crippen LogP contribution < -0.4 is 10.2 Å². The molecule has 0 aliphatic rings. The molecule has 0 bridgehead atoms. The smallest absolute Gasteiger partial charge is 0.343 e. The number of hydrogen-bond acceptors (Lipinski definition) is 8. The van der Waals surface area contributed by atoms with E-state index in [0.717, 1.165) is 17.8 Å². The van der Waals surface area contributed by atoms with Crippen molar-refractivity contribution in [2.24, 2.45) is 5.10 Å². The normalized spacial score (nSPS) is 10.6. The molecule has 11 heteroatoms. The molecule has 1 N–H and O–H groups in total. The monoisotopic (exact) mass is 448 g/mol. The van der Waals surface area contributed by atoms with Gasteiger partial charge >= 0.3 is 5.97 Å². The molecule has 0 unspecified atom stereocenters. The summed E-state index contributed by atoms with van der Waals surface area (Å²) in [4.78, 5) is 45.2. The summed E-state index contributed by atoms with van der Waals surface area (Å²) in [5, 5.41) is 25.6. The molecule has 33 heavy (non-hydrogen) atoms. The van der Waals surface area contributed by atoms with Crippen LogP contribution in [0.4, 0.5) is 11.4 Å². The fraction of sp³-hybridized carbons (Fsp3) is 0.0455. The third kappa shape index (κ3) is 5.82. The zero-order chi connectivity index (χ0) is 24.0. The molecule has 0 heterocycles. The van der Waals surface area contributed by atoms with E-state index >= 15 is 0 Å². The fourth-order valence-corrected chi connectivity index (χ4v) is 2.73. The number of amides is 1. The highest BCUT2D eigenvalue weighted by molar-refractivity contribution is 5.96. The molecule has 0 saturated heterocycles. The van der Waals surface area contributed by atoms with E-state index in [-0.39, 0.29) is 28.3 Å². The number of nitrogens with zero attached hydrogens (tertiary/aromatic N) is 3. The Kier molecular flexibility index (Phi) is 6.84. The van der Waals surface area contributed by atoms with Gasteiger partial charge in [-0.2, -0.15) is 5.10 Å². The van der Waals surface area contributed by atoms with E-state index in [4.69, 9.17) is 4.74 Å². The van der Waals surface area contributed by atoms with Crippen molar-refractivity contribution < 1.29 is 24.2 Å². The second-order valence-corrected chi connectivity index (χ2v) is 6.74. The summed E-state index contributed by atoms with van der Waals surface area (Å²) in [6.07, 6.45) is 1.09. The maximum atomic E-state index is 12.5. The SMILES string of the molecule is Cc1cccc(C(=O)Oc2ccc([N+](=O)[O-])cc2/C=N/NC(=O)c2ccc([N+](=O)[O-])cc2)c1. The fourth-order valence-electron chi connectivity index (χ4n) is 2.73. The number of hydrazone groups is 1. The Hall–Kier alpha value is -4.93. The van der Waals surface area contributed by atoms with E-state index in [2.05, 4.69) is 10.5 Å². The molecular formula is C22H16N4O7. The lowest BCUT2D eigenvalue weighted by atomic mass is 10.1. The maximum absolute atomic E-state index is 12.5. The minimum atomic E-state index is -0.669. The Morgan fingerprint density at radius 3 is 2.21 bits per heavy atom. The maximum Gasteiger partial charge on any atom is 0.343 e. The summed E-state index contributed by atoms with van der Waals surface area (Å²) in [5.41, 5.74) is 3.11. The van der Waals surface area contributed by atoms with E-state index in [1.807, 2.05) is 13.0 Å². The molecule has 0 aliphatic heterocycles. The first-order valence-electron chi connectivity index (χ1n) is 9.40. The largest absolute Gasteiger partial charge is 0.422 e. The average molecular weight is 448 g/mol. The lowest BCUT2D eigenvalue weighted by Gasteiger charge is -2.08. The van der Waals surface area contributed by atoms with Gasteiger partial charge in [0, 0.05) is 35.4 Å². The Morgan fingerprint density at radius 2 is 1.58 bits per heavy atom. The third-order valence-electron chi connectivity index (χ3n) is 4.37. The van der Waals surface area contributed by atoms with Crippen LogP contribution in [0.25, 0.3) is 0 Å². The van der Waals surface area contributed by atoms with E-state index in [1.165, 1.54) is 36.4 Å². The second-order valence-electron chi connectivity index (χ2n) is 6.74. The van der Waals surface area contributed by atoms with Crippen molar-refractivity contribution in [3.05, 3.63) is 109 Å². The number of rotatable bonds is 7. The molecule has 3 rings (SSSR count). The topological polar surface area (TPSA) is 154 Å². The third-order valence-corrected chi connectivity index (χ3v) is 4.37. The number of nitro benzene ring substituents is 2. The number of aryl methyl sites for hydroxylation is 1. The summed E-state index contributed by atoms with van der Waals surface area (Å²) in [5.74, 6) is -1.33. The van der Waals surface area contributed by atoms with Crippen molar-refractivity contribution in [2.75, 3.05) is 0 Å². The zero-order valence-electron chi connectivity index (χ0n) is 17.1. The van der Waals surface area contributed by atoms with Crippen LogP contribution >= 0.6 is 0 Å². The molecule has 0 fully saturated rings. The van der Waals surface area contributed by atoms with Gasteiger partial charge in [-0.15, -0.1) is 0 Å². The summed E-state index contributed by atoms with van der Waals surface area (Å²) in [6.45, 7) is 1.81. The molecule has 11 nitrogen and oxygen atoms in total. The van der Waals surface area contributed by atoms with Crippen LogP contribution in [0.3, 0.4) is 0 Å². The van der Waals surface area contributed by atoms with Gasteiger partial charge in [0.05, 0.1) is 21.6 Å². The molecule has 0 spiro atoms.